The van der Waals surface area contributed by atoms with Crippen molar-refractivity contribution in [3.63, 3.8) is 0 Å². The second-order valence-electron chi connectivity index (χ2n) is 4.60. The number of carbonyl (C=O) groups is 1. The topological polar surface area (TPSA) is 32.3 Å². The molecule has 0 bridgehead atoms. The average molecular weight is 341 g/mol. The Labute approximate surface area is 130 Å². The molecule has 0 atom stereocenters. The smallest absolute Gasteiger partial charge is 0.324 e. The second kappa shape index (κ2) is 7.91. The van der Waals surface area contributed by atoms with E-state index in [2.05, 4.69) is 5.32 Å². The number of nitrogens with one attached hydrogen (secondary N) is 1. The van der Waals surface area contributed by atoms with Gasteiger partial charge >= 0.3 is 6.18 Å². The lowest BCUT2D eigenvalue weighted by Crippen LogP contribution is -2.18. The molecule has 1 rings (SSSR count). The Kier molecular flexibility index (Phi) is 6.83. The second-order valence-corrected chi connectivity index (χ2v) is 6.11. The maximum Gasteiger partial charge on any atom is 0.416 e. The molecule has 0 aliphatic rings. The molecule has 1 amide bonds. The van der Waals surface area contributed by atoms with Crippen LogP contribution in [0.2, 0.25) is 5.02 Å². The van der Waals surface area contributed by atoms with Crippen LogP contribution in [0, 0.1) is 0 Å². The number of hydrogen-bond donors (Lipinski definition) is 1. The molecule has 1 aromatic carbocycles. The van der Waals surface area contributed by atoms with Crippen molar-refractivity contribution in [2.45, 2.75) is 6.18 Å². The summed E-state index contributed by atoms with van der Waals surface area (Å²) in [7, 11) is 3.84. The average Bonchev–Trinajstić information content (AvgIpc) is 2.36. The van der Waals surface area contributed by atoms with Gasteiger partial charge in [-0.1, -0.05) is 11.6 Å². The van der Waals surface area contributed by atoms with E-state index in [9.17, 15) is 18.0 Å². The summed E-state index contributed by atoms with van der Waals surface area (Å²) in [6.45, 7) is 0.822. The third kappa shape index (κ3) is 6.58. The number of nitrogens with zero attached hydrogens (tertiary/aromatic N) is 1. The summed E-state index contributed by atoms with van der Waals surface area (Å²) in [6.07, 6.45) is -4.47. The lowest BCUT2D eigenvalue weighted by atomic mass is 10.2. The van der Waals surface area contributed by atoms with Gasteiger partial charge in [0.25, 0.3) is 0 Å². The van der Waals surface area contributed by atoms with Crippen LogP contribution in [0.1, 0.15) is 5.56 Å². The molecule has 1 N–H and O–H groups in total. The summed E-state index contributed by atoms with van der Waals surface area (Å²) in [4.78, 5) is 13.7. The molecule has 0 saturated heterocycles. The quantitative estimate of drug-likeness (QED) is 0.803. The van der Waals surface area contributed by atoms with Crippen LogP contribution in [-0.2, 0) is 11.0 Å². The monoisotopic (exact) mass is 340 g/mol. The lowest BCUT2D eigenvalue weighted by molar-refractivity contribution is -0.137. The molecule has 0 fully saturated rings. The maximum atomic E-state index is 12.6. The lowest BCUT2D eigenvalue weighted by Gasteiger charge is -2.12. The summed E-state index contributed by atoms with van der Waals surface area (Å²) in [6, 6.07) is 2.84. The third-order valence-corrected chi connectivity index (χ3v) is 3.75. The van der Waals surface area contributed by atoms with Gasteiger partial charge in [0, 0.05) is 12.3 Å². The number of hydrogen-bond acceptors (Lipinski definition) is 3. The van der Waals surface area contributed by atoms with Crippen molar-refractivity contribution >= 4 is 35.0 Å². The van der Waals surface area contributed by atoms with E-state index in [4.69, 9.17) is 11.6 Å². The van der Waals surface area contributed by atoms with Gasteiger partial charge in [-0.05, 0) is 32.3 Å². The summed E-state index contributed by atoms with van der Waals surface area (Å²) in [5.74, 6) is 0.553. The van der Waals surface area contributed by atoms with Crippen LogP contribution in [0.25, 0.3) is 0 Å². The van der Waals surface area contributed by atoms with E-state index < -0.39 is 11.7 Å². The first-order valence-corrected chi connectivity index (χ1v) is 7.62. The minimum Gasteiger partial charge on any atom is -0.324 e. The molecule has 0 unspecified atom stereocenters. The molecule has 0 saturated carbocycles. The van der Waals surface area contributed by atoms with Crippen LogP contribution >= 0.6 is 23.4 Å². The van der Waals surface area contributed by atoms with E-state index in [0.717, 1.165) is 30.5 Å². The van der Waals surface area contributed by atoms with Crippen molar-refractivity contribution in [1.29, 1.82) is 0 Å². The number of alkyl halides is 3. The fraction of sp³-hybridized carbons (Fsp3) is 0.462. The summed E-state index contributed by atoms with van der Waals surface area (Å²) in [5.41, 5.74) is -0.868. The van der Waals surface area contributed by atoms with Crippen molar-refractivity contribution in [3.05, 3.63) is 28.8 Å². The van der Waals surface area contributed by atoms with Gasteiger partial charge in [-0.3, -0.25) is 4.79 Å². The molecule has 0 radical (unpaired) electrons. The van der Waals surface area contributed by atoms with Crippen LogP contribution in [0.3, 0.4) is 0 Å². The molecule has 0 spiro atoms. The van der Waals surface area contributed by atoms with Crippen LogP contribution in [0.4, 0.5) is 18.9 Å². The van der Waals surface area contributed by atoms with Crippen molar-refractivity contribution in [2.75, 3.05) is 37.5 Å². The number of amides is 1. The highest BCUT2D eigenvalue weighted by Gasteiger charge is 2.31. The number of benzene rings is 1. The van der Waals surface area contributed by atoms with Crippen molar-refractivity contribution < 1.29 is 18.0 Å². The molecule has 118 valence electrons. The largest absolute Gasteiger partial charge is 0.416 e. The number of rotatable bonds is 6. The molecular formula is C13H16ClF3N2OS. The Morgan fingerprint density at radius 2 is 2.05 bits per heavy atom. The minimum atomic E-state index is -4.47. The molecule has 0 aliphatic carbocycles. The van der Waals surface area contributed by atoms with E-state index >= 15 is 0 Å². The molecular weight excluding hydrogens is 325 g/mol. The Balaban J connectivity index is 2.59. The predicted molar refractivity (Wildman–Crippen MR) is 81.0 cm³/mol. The van der Waals surface area contributed by atoms with Crippen LogP contribution in [-0.4, -0.2) is 43.0 Å². The first-order valence-electron chi connectivity index (χ1n) is 6.09. The summed E-state index contributed by atoms with van der Waals surface area (Å²) in [5, 5.41) is 2.48. The minimum absolute atomic E-state index is 0.0234. The van der Waals surface area contributed by atoms with Crippen molar-refractivity contribution in [2.24, 2.45) is 0 Å². The molecule has 0 aromatic heterocycles. The third-order valence-electron chi connectivity index (χ3n) is 2.48. The predicted octanol–water partition coefficient (Wildman–Crippen LogP) is 3.59. The van der Waals surface area contributed by atoms with Crippen LogP contribution < -0.4 is 5.32 Å². The fourth-order valence-corrected chi connectivity index (χ4v) is 2.46. The zero-order chi connectivity index (χ0) is 16.0. The number of carbonyl (C=O) groups excluding carboxylic acids is 1. The van der Waals surface area contributed by atoms with Gasteiger partial charge in [-0.15, -0.1) is 0 Å². The zero-order valence-electron chi connectivity index (χ0n) is 11.6. The highest BCUT2D eigenvalue weighted by molar-refractivity contribution is 7.99. The molecule has 0 aliphatic heterocycles. The highest BCUT2D eigenvalue weighted by Crippen LogP contribution is 2.33. The Morgan fingerprint density at radius 1 is 1.38 bits per heavy atom. The molecule has 0 heterocycles. The van der Waals surface area contributed by atoms with Crippen molar-refractivity contribution in [1.82, 2.24) is 4.90 Å². The normalized spacial score (nSPS) is 11.8. The first-order chi connectivity index (χ1) is 9.70. The Hall–Kier alpha value is -0.920. The molecule has 21 heavy (non-hydrogen) atoms. The van der Waals surface area contributed by atoms with E-state index in [1.165, 1.54) is 11.8 Å². The SMILES string of the molecule is CN(C)CCSCC(=O)Nc1cc(C(F)(F)F)ccc1Cl. The number of thioether (sulfide) groups is 1. The molecule has 8 heteroatoms. The molecule has 3 nitrogen and oxygen atoms in total. The highest BCUT2D eigenvalue weighted by atomic mass is 35.5. The van der Waals surface area contributed by atoms with Gasteiger partial charge in [-0.25, -0.2) is 0 Å². The van der Waals surface area contributed by atoms with Crippen molar-refractivity contribution in [3.8, 4) is 0 Å². The number of anilines is 1. The van der Waals surface area contributed by atoms with Gasteiger partial charge in [0.2, 0.25) is 5.91 Å². The maximum absolute atomic E-state index is 12.6. The van der Waals surface area contributed by atoms with Gasteiger partial charge in [0.05, 0.1) is 22.0 Å². The van der Waals surface area contributed by atoms with E-state index in [0.29, 0.717) is 0 Å². The molecule has 1 aromatic rings. The van der Waals surface area contributed by atoms with E-state index in [-0.39, 0.29) is 22.4 Å². The summed E-state index contributed by atoms with van der Waals surface area (Å²) < 4.78 is 37.8. The Bertz CT molecular complexity index is 495. The van der Waals surface area contributed by atoms with Gasteiger partial charge in [-0.2, -0.15) is 24.9 Å². The zero-order valence-corrected chi connectivity index (χ0v) is 13.2. The van der Waals surface area contributed by atoms with Crippen LogP contribution in [0.5, 0.6) is 0 Å². The standard InChI is InChI=1S/C13H16ClF3N2OS/c1-19(2)5-6-21-8-12(20)18-11-7-9(13(15,16)17)3-4-10(11)14/h3-4,7H,5-6,8H2,1-2H3,(H,18,20). The number of halogens is 4. The van der Waals surface area contributed by atoms with Gasteiger partial charge < -0.3 is 10.2 Å². The van der Waals surface area contributed by atoms with Crippen LogP contribution in [0.15, 0.2) is 18.2 Å². The summed E-state index contributed by atoms with van der Waals surface area (Å²) >= 11 is 7.20. The first kappa shape index (κ1) is 18.1. The Morgan fingerprint density at radius 3 is 2.62 bits per heavy atom. The van der Waals surface area contributed by atoms with E-state index in [1.807, 2.05) is 19.0 Å². The van der Waals surface area contributed by atoms with Gasteiger partial charge in [0.15, 0.2) is 0 Å². The fourth-order valence-electron chi connectivity index (χ4n) is 1.40. The van der Waals surface area contributed by atoms with Gasteiger partial charge in [0.1, 0.15) is 0 Å². The van der Waals surface area contributed by atoms with E-state index in [1.54, 1.807) is 0 Å².